The van der Waals surface area contributed by atoms with Crippen LogP contribution in [0.4, 0.5) is 0 Å². The number of para-hydroxylation sites is 1. The van der Waals surface area contributed by atoms with E-state index in [2.05, 4.69) is 43.4 Å². The average molecular weight is 403 g/mol. The molecule has 158 valence electrons. The third kappa shape index (κ3) is 6.16. The standard InChI is InChI=1S/C27H34N2O/c1-3-4-5-6-7-8-9-12-19-28-27(30)24-20-26(22-17-15-21(2)16-18-22)29-25-14-11-10-13-23(24)25/h10-11,13-18,20H,3-9,12,19H2,1-2H3,(H,28,30). The van der Waals surface area contributed by atoms with Gasteiger partial charge < -0.3 is 5.32 Å². The van der Waals surface area contributed by atoms with Crippen molar-refractivity contribution in [1.82, 2.24) is 10.3 Å². The Bertz CT molecular complexity index is 947. The highest BCUT2D eigenvalue weighted by Gasteiger charge is 2.13. The molecule has 1 aromatic heterocycles. The number of carbonyl (C=O) groups excluding carboxylic acids is 1. The van der Waals surface area contributed by atoms with Crippen LogP contribution in [0.2, 0.25) is 0 Å². The quantitative estimate of drug-likeness (QED) is 0.348. The van der Waals surface area contributed by atoms with Gasteiger partial charge in [0.15, 0.2) is 0 Å². The Morgan fingerprint density at radius 2 is 1.53 bits per heavy atom. The summed E-state index contributed by atoms with van der Waals surface area (Å²) in [5, 5.41) is 4.03. The van der Waals surface area contributed by atoms with E-state index in [1.165, 1.54) is 50.5 Å². The molecule has 0 saturated carbocycles. The fraction of sp³-hybridized carbons (Fsp3) is 0.407. The fourth-order valence-corrected chi connectivity index (χ4v) is 3.79. The lowest BCUT2D eigenvalue weighted by Crippen LogP contribution is -2.24. The zero-order valence-corrected chi connectivity index (χ0v) is 18.4. The Balaban J connectivity index is 1.63. The zero-order valence-electron chi connectivity index (χ0n) is 18.4. The molecule has 1 N–H and O–H groups in total. The summed E-state index contributed by atoms with van der Waals surface area (Å²) >= 11 is 0. The van der Waals surface area contributed by atoms with Crippen molar-refractivity contribution in [3.8, 4) is 11.3 Å². The van der Waals surface area contributed by atoms with Crippen molar-refractivity contribution in [1.29, 1.82) is 0 Å². The van der Waals surface area contributed by atoms with Gasteiger partial charge in [-0.2, -0.15) is 0 Å². The number of nitrogens with zero attached hydrogens (tertiary/aromatic N) is 1. The Labute approximate surface area is 180 Å². The van der Waals surface area contributed by atoms with E-state index in [0.29, 0.717) is 5.56 Å². The number of nitrogens with one attached hydrogen (secondary N) is 1. The zero-order chi connectivity index (χ0) is 21.2. The maximum Gasteiger partial charge on any atom is 0.252 e. The minimum Gasteiger partial charge on any atom is -0.352 e. The van der Waals surface area contributed by atoms with Gasteiger partial charge in [-0.1, -0.05) is 99.9 Å². The number of aromatic nitrogens is 1. The Morgan fingerprint density at radius 3 is 2.27 bits per heavy atom. The summed E-state index contributed by atoms with van der Waals surface area (Å²) in [6.45, 7) is 5.05. The molecule has 0 bridgehead atoms. The lowest BCUT2D eigenvalue weighted by Gasteiger charge is -2.11. The van der Waals surface area contributed by atoms with Gasteiger partial charge in [-0.05, 0) is 25.5 Å². The van der Waals surface area contributed by atoms with Crippen LogP contribution in [-0.4, -0.2) is 17.4 Å². The average Bonchev–Trinajstić information content (AvgIpc) is 2.77. The largest absolute Gasteiger partial charge is 0.352 e. The van der Waals surface area contributed by atoms with E-state index >= 15 is 0 Å². The van der Waals surface area contributed by atoms with Crippen molar-refractivity contribution in [2.45, 2.75) is 65.2 Å². The number of benzene rings is 2. The maximum atomic E-state index is 13.0. The number of aryl methyl sites for hydroxylation is 1. The number of carbonyl (C=O) groups is 1. The van der Waals surface area contributed by atoms with Gasteiger partial charge in [-0.15, -0.1) is 0 Å². The van der Waals surface area contributed by atoms with Crippen molar-refractivity contribution in [3.05, 3.63) is 65.7 Å². The van der Waals surface area contributed by atoms with Gasteiger partial charge in [-0.3, -0.25) is 4.79 Å². The van der Waals surface area contributed by atoms with Crippen molar-refractivity contribution < 1.29 is 4.79 Å². The number of unbranched alkanes of at least 4 members (excludes halogenated alkanes) is 7. The molecule has 3 aromatic rings. The van der Waals surface area contributed by atoms with Crippen LogP contribution in [0.3, 0.4) is 0 Å². The van der Waals surface area contributed by atoms with Crippen molar-refractivity contribution in [3.63, 3.8) is 0 Å². The fourth-order valence-electron chi connectivity index (χ4n) is 3.79. The van der Waals surface area contributed by atoms with Crippen molar-refractivity contribution in [2.75, 3.05) is 6.54 Å². The van der Waals surface area contributed by atoms with Gasteiger partial charge in [0.05, 0.1) is 16.8 Å². The molecule has 0 spiro atoms. The molecule has 3 rings (SSSR count). The van der Waals surface area contributed by atoms with E-state index < -0.39 is 0 Å². The van der Waals surface area contributed by atoms with Gasteiger partial charge in [0.1, 0.15) is 0 Å². The second-order valence-electron chi connectivity index (χ2n) is 8.17. The van der Waals surface area contributed by atoms with E-state index in [4.69, 9.17) is 4.98 Å². The van der Waals surface area contributed by atoms with Gasteiger partial charge in [-0.25, -0.2) is 4.98 Å². The first-order valence-corrected chi connectivity index (χ1v) is 11.4. The molecule has 1 heterocycles. The number of pyridine rings is 1. The minimum absolute atomic E-state index is 0.00934. The summed E-state index contributed by atoms with van der Waals surface area (Å²) in [6.07, 6.45) is 10.1. The van der Waals surface area contributed by atoms with E-state index in [0.717, 1.165) is 35.1 Å². The molecule has 0 atom stereocenters. The summed E-state index contributed by atoms with van der Waals surface area (Å²) in [5.41, 5.74) is 4.64. The van der Waals surface area contributed by atoms with Crippen LogP contribution in [0.5, 0.6) is 0 Å². The van der Waals surface area contributed by atoms with E-state index in [-0.39, 0.29) is 5.91 Å². The van der Waals surface area contributed by atoms with Gasteiger partial charge in [0, 0.05) is 17.5 Å². The minimum atomic E-state index is -0.00934. The summed E-state index contributed by atoms with van der Waals surface area (Å²) in [7, 11) is 0. The van der Waals surface area contributed by atoms with Crippen molar-refractivity contribution >= 4 is 16.8 Å². The van der Waals surface area contributed by atoms with Crippen LogP contribution in [0.15, 0.2) is 54.6 Å². The van der Waals surface area contributed by atoms with Crippen LogP contribution in [0, 0.1) is 6.92 Å². The third-order valence-corrected chi connectivity index (χ3v) is 5.62. The van der Waals surface area contributed by atoms with E-state index in [9.17, 15) is 4.79 Å². The number of hydrogen-bond acceptors (Lipinski definition) is 2. The Morgan fingerprint density at radius 1 is 0.867 bits per heavy atom. The molecule has 0 fully saturated rings. The normalized spacial score (nSPS) is 11.0. The van der Waals surface area contributed by atoms with E-state index in [1.807, 2.05) is 30.3 Å². The molecular weight excluding hydrogens is 368 g/mol. The second kappa shape index (κ2) is 11.5. The molecule has 0 saturated heterocycles. The maximum absolute atomic E-state index is 13.0. The molecule has 2 aromatic carbocycles. The highest BCUT2D eigenvalue weighted by atomic mass is 16.1. The summed E-state index contributed by atoms with van der Waals surface area (Å²) < 4.78 is 0. The number of hydrogen-bond donors (Lipinski definition) is 1. The summed E-state index contributed by atoms with van der Waals surface area (Å²) in [5.74, 6) is -0.00934. The lowest BCUT2D eigenvalue weighted by atomic mass is 10.0. The molecule has 30 heavy (non-hydrogen) atoms. The molecule has 3 nitrogen and oxygen atoms in total. The van der Waals surface area contributed by atoms with Crippen molar-refractivity contribution in [2.24, 2.45) is 0 Å². The van der Waals surface area contributed by atoms with Crippen LogP contribution >= 0.6 is 0 Å². The molecule has 0 aliphatic carbocycles. The second-order valence-corrected chi connectivity index (χ2v) is 8.17. The Kier molecular flexibility index (Phi) is 8.43. The monoisotopic (exact) mass is 402 g/mol. The van der Waals surface area contributed by atoms with Crippen LogP contribution in [0.1, 0.15) is 74.2 Å². The smallest absolute Gasteiger partial charge is 0.252 e. The van der Waals surface area contributed by atoms with Gasteiger partial charge >= 0.3 is 0 Å². The molecule has 0 radical (unpaired) electrons. The topological polar surface area (TPSA) is 42.0 Å². The molecule has 0 aliphatic rings. The van der Waals surface area contributed by atoms with E-state index in [1.54, 1.807) is 0 Å². The molecule has 3 heteroatoms. The first kappa shape index (κ1) is 22.0. The van der Waals surface area contributed by atoms with Crippen LogP contribution in [-0.2, 0) is 0 Å². The molecule has 1 amide bonds. The Hall–Kier alpha value is -2.68. The summed E-state index contributed by atoms with van der Waals surface area (Å²) in [6, 6.07) is 18.1. The SMILES string of the molecule is CCCCCCCCCCNC(=O)c1cc(-c2ccc(C)cc2)nc2ccccc12. The highest BCUT2D eigenvalue weighted by molar-refractivity contribution is 6.07. The first-order chi connectivity index (χ1) is 14.7. The van der Waals surface area contributed by atoms with Crippen LogP contribution < -0.4 is 5.32 Å². The van der Waals surface area contributed by atoms with Gasteiger partial charge in [0.2, 0.25) is 0 Å². The number of amides is 1. The number of fused-ring (bicyclic) bond motifs is 1. The predicted octanol–water partition coefficient (Wildman–Crippen LogP) is 7.08. The lowest BCUT2D eigenvalue weighted by molar-refractivity contribution is 0.0954. The predicted molar refractivity (Wildman–Crippen MR) is 127 cm³/mol. The van der Waals surface area contributed by atoms with Gasteiger partial charge in [0.25, 0.3) is 5.91 Å². The van der Waals surface area contributed by atoms with Crippen LogP contribution in [0.25, 0.3) is 22.2 Å². The summed E-state index contributed by atoms with van der Waals surface area (Å²) in [4.78, 5) is 17.8. The first-order valence-electron chi connectivity index (χ1n) is 11.4. The molecular formula is C27H34N2O. The third-order valence-electron chi connectivity index (χ3n) is 5.62. The highest BCUT2D eigenvalue weighted by Crippen LogP contribution is 2.25. The molecule has 0 aliphatic heterocycles. The molecule has 0 unspecified atom stereocenters. The number of rotatable bonds is 11.